The number of benzene rings is 4. The van der Waals surface area contributed by atoms with Crippen LogP contribution in [0.15, 0.2) is 89.3 Å². The van der Waals surface area contributed by atoms with Crippen LogP contribution in [0.25, 0.3) is 44.2 Å². The topological polar surface area (TPSA) is 56.7 Å². The molecule has 1 aromatic heterocycles. The first-order valence-corrected chi connectivity index (χ1v) is 12.0. The molecule has 0 N–H and O–H groups in total. The van der Waals surface area contributed by atoms with Gasteiger partial charge in [-0.15, -0.1) is 0 Å². The van der Waals surface area contributed by atoms with Crippen molar-refractivity contribution in [3.63, 3.8) is 0 Å². The third kappa shape index (κ3) is 4.14. The summed E-state index contributed by atoms with van der Waals surface area (Å²) < 4.78 is 29.6. The molecule has 0 bridgehead atoms. The second-order valence-electron chi connectivity index (χ2n) is 9.06. The average molecular weight is 465 g/mol. The van der Waals surface area contributed by atoms with Crippen LogP contribution in [-0.4, -0.2) is 38.6 Å². The first kappa shape index (κ1) is 20.6. The zero-order valence-corrected chi connectivity index (χ0v) is 19.1. The summed E-state index contributed by atoms with van der Waals surface area (Å²) in [7, 11) is 0. The number of fused-ring (bicyclic) bond motifs is 3. The van der Waals surface area contributed by atoms with Crippen LogP contribution in [0.2, 0.25) is 0 Å². The fraction of sp³-hybridized carbons (Fsp3) is 0.200. The van der Waals surface area contributed by atoms with E-state index in [9.17, 15) is 0 Å². The van der Waals surface area contributed by atoms with Crippen molar-refractivity contribution in [1.82, 2.24) is 0 Å². The van der Waals surface area contributed by atoms with Gasteiger partial charge in [0.05, 0.1) is 13.2 Å². The smallest absolute Gasteiger partial charge is 0.136 e. The first-order valence-electron chi connectivity index (χ1n) is 12.0. The van der Waals surface area contributed by atoms with E-state index in [0.29, 0.717) is 13.2 Å². The van der Waals surface area contributed by atoms with Gasteiger partial charge in [-0.05, 0) is 35.4 Å². The van der Waals surface area contributed by atoms with Crippen LogP contribution in [-0.2, 0) is 9.47 Å². The molecular formula is C30H24O5. The largest absolute Gasteiger partial charge is 0.490 e. The quantitative estimate of drug-likeness (QED) is 0.246. The lowest BCUT2D eigenvalue weighted by molar-refractivity contribution is 0.264. The van der Waals surface area contributed by atoms with E-state index in [1.54, 1.807) is 0 Å². The second-order valence-corrected chi connectivity index (χ2v) is 9.06. The minimum atomic E-state index is 0.175. The second kappa shape index (κ2) is 8.45. The van der Waals surface area contributed by atoms with E-state index in [0.717, 1.165) is 68.9 Å². The molecule has 5 aromatic rings. The minimum absolute atomic E-state index is 0.175. The molecule has 174 valence electrons. The molecule has 7 rings (SSSR count). The molecule has 0 saturated carbocycles. The van der Waals surface area contributed by atoms with E-state index >= 15 is 0 Å². The van der Waals surface area contributed by atoms with Crippen molar-refractivity contribution in [3.05, 3.63) is 84.9 Å². The Bertz CT molecular complexity index is 1380. The summed E-state index contributed by atoms with van der Waals surface area (Å²) in [5, 5.41) is 2.00. The molecule has 0 radical (unpaired) electrons. The summed E-state index contributed by atoms with van der Waals surface area (Å²) in [5.74, 6) is 1.64. The van der Waals surface area contributed by atoms with E-state index in [1.165, 1.54) is 0 Å². The van der Waals surface area contributed by atoms with Gasteiger partial charge in [0.2, 0.25) is 0 Å². The fourth-order valence-corrected chi connectivity index (χ4v) is 4.45. The summed E-state index contributed by atoms with van der Waals surface area (Å²) in [5.41, 5.74) is 5.80. The highest BCUT2D eigenvalue weighted by atomic mass is 16.6. The van der Waals surface area contributed by atoms with Crippen molar-refractivity contribution in [2.75, 3.05) is 26.4 Å². The Balaban J connectivity index is 1.39. The molecule has 2 unspecified atom stereocenters. The highest BCUT2D eigenvalue weighted by molar-refractivity contribution is 6.09. The third-order valence-corrected chi connectivity index (χ3v) is 6.50. The van der Waals surface area contributed by atoms with Crippen molar-refractivity contribution >= 4 is 21.9 Å². The number of furan rings is 1. The van der Waals surface area contributed by atoms with Crippen LogP contribution >= 0.6 is 0 Å². The van der Waals surface area contributed by atoms with E-state index in [1.807, 2.05) is 36.4 Å². The average Bonchev–Trinajstić information content (AvgIpc) is 3.84. The number of rotatable bonds is 8. The van der Waals surface area contributed by atoms with Gasteiger partial charge in [-0.3, -0.25) is 0 Å². The van der Waals surface area contributed by atoms with Crippen LogP contribution in [0, 0.1) is 0 Å². The van der Waals surface area contributed by atoms with Crippen LogP contribution in [0.3, 0.4) is 0 Å². The van der Waals surface area contributed by atoms with Gasteiger partial charge in [-0.1, -0.05) is 60.7 Å². The van der Waals surface area contributed by atoms with Gasteiger partial charge >= 0.3 is 0 Å². The molecule has 4 aromatic carbocycles. The molecule has 35 heavy (non-hydrogen) atoms. The molecular weight excluding hydrogens is 440 g/mol. The Hall–Kier alpha value is -3.80. The van der Waals surface area contributed by atoms with E-state index < -0.39 is 0 Å². The molecule has 5 nitrogen and oxygen atoms in total. The highest BCUT2D eigenvalue weighted by Crippen LogP contribution is 2.42. The Morgan fingerprint density at radius 1 is 0.600 bits per heavy atom. The number of ether oxygens (including phenoxy) is 4. The van der Waals surface area contributed by atoms with Crippen molar-refractivity contribution in [2.24, 2.45) is 0 Å². The first-order chi connectivity index (χ1) is 17.3. The molecule has 3 heterocycles. The number of epoxide rings is 2. The predicted octanol–water partition coefficient (Wildman–Crippen LogP) is 6.48. The summed E-state index contributed by atoms with van der Waals surface area (Å²) in [4.78, 5) is 0. The summed E-state index contributed by atoms with van der Waals surface area (Å²) in [6.45, 7) is 2.58. The van der Waals surface area contributed by atoms with Crippen molar-refractivity contribution in [2.45, 2.75) is 12.2 Å². The molecule has 0 spiro atoms. The molecule has 2 fully saturated rings. The Morgan fingerprint density at radius 2 is 1.03 bits per heavy atom. The number of hydrogen-bond acceptors (Lipinski definition) is 5. The molecule has 5 heteroatoms. The fourth-order valence-electron chi connectivity index (χ4n) is 4.45. The van der Waals surface area contributed by atoms with Crippen molar-refractivity contribution in [3.8, 4) is 33.8 Å². The lowest BCUT2D eigenvalue weighted by Crippen LogP contribution is -2.05. The van der Waals surface area contributed by atoms with Gasteiger partial charge in [0.25, 0.3) is 0 Å². The Morgan fingerprint density at radius 3 is 1.43 bits per heavy atom. The van der Waals surface area contributed by atoms with Crippen LogP contribution < -0.4 is 9.47 Å². The minimum Gasteiger partial charge on any atom is -0.490 e. The van der Waals surface area contributed by atoms with Crippen molar-refractivity contribution < 1.29 is 23.4 Å². The highest BCUT2D eigenvalue weighted by Gasteiger charge is 2.26. The molecule has 2 saturated heterocycles. The van der Waals surface area contributed by atoms with Gasteiger partial charge in [-0.25, -0.2) is 0 Å². The van der Waals surface area contributed by atoms with Crippen LogP contribution in [0.4, 0.5) is 0 Å². The van der Waals surface area contributed by atoms with E-state index in [2.05, 4.69) is 48.5 Å². The van der Waals surface area contributed by atoms with Crippen molar-refractivity contribution in [1.29, 1.82) is 0 Å². The molecule has 2 aliphatic rings. The lowest BCUT2D eigenvalue weighted by atomic mass is 10.00. The molecule has 2 aliphatic heterocycles. The zero-order chi connectivity index (χ0) is 23.2. The maximum atomic E-state index is 6.40. The lowest BCUT2D eigenvalue weighted by Gasteiger charge is -2.12. The monoisotopic (exact) mass is 464 g/mol. The molecule has 0 amide bonds. The zero-order valence-electron chi connectivity index (χ0n) is 19.1. The van der Waals surface area contributed by atoms with Crippen LogP contribution in [0.5, 0.6) is 11.5 Å². The Labute approximate surface area is 202 Å². The maximum absolute atomic E-state index is 6.40. The maximum Gasteiger partial charge on any atom is 0.136 e. The summed E-state index contributed by atoms with van der Waals surface area (Å²) >= 11 is 0. The normalized spacial score (nSPS) is 18.6. The summed E-state index contributed by atoms with van der Waals surface area (Å²) in [6, 6.07) is 28.8. The predicted molar refractivity (Wildman–Crippen MR) is 135 cm³/mol. The van der Waals surface area contributed by atoms with Crippen LogP contribution in [0.1, 0.15) is 0 Å². The van der Waals surface area contributed by atoms with Gasteiger partial charge in [0, 0.05) is 21.9 Å². The molecule has 2 atom stereocenters. The van der Waals surface area contributed by atoms with Gasteiger partial charge < -0.3 is 23.4 Å². The summed E-state index contributed by atoms with van der Waals surface area (Å²) in [6.07, 6.45) is 0.349. The van der Waals surface area contributed by atoms with E-state index in [-0.39, 0.29) is 12.2 Å². The van der Waals surface area contributed by atoms with Gasteiger partial charge in [-0.2, -0.15) is 0 Å². The SMILES string of the molecule is c1ccc(-c2cc3oc4cc(-c5ccccc5)c(OCC5CO5)cc4c3cc2OCC2CO2)cc1. The number of hydrogen-bond donors (Lipinski definition) is 0. The van der Waals surface area contributed by atoms with Gasteiger partial charge in [0.15, 0.2) is 0 Å². The standard InChI is InChI=1S/C30H24O5/c1-3-7-19(8-4-1)23-11-29-25(13-27(23)33-17-21-15-31-21)26-14-28(34-18-22-16-32-22)24(12-30(26)35-29)20-9-5-2-6-10-20/h1-14,21-22H,15-18H2. The van der Waals surface area contributed by atoms with Gasteiger partial charge in [0.1, 0.15) is 48.1 Å². The van der Waals surface area contributed by atoms with E-state index in [4.69, 9.17) is 23.4 Å². The molecule has 0 aliphatic carbocycles. The third-order valence-electron chi connectivity index (χ3n) is 6.50. The Kier molecular flexibility index (Phi) is 4.96.